The molecule has 57 heavy (non-hydrogen) atoms. The molecule has 2 aliphatic rings. The first-order valence-electron chi connectivity index (χ1n) is 19.0. The van der Waals surface area contributed by atoms with Gasteiger partial charge >= 0.3 is 12.2 Å². The Labute approximate surface area is 337 Å². The number of alkyl carbamates (subject to hydrolysis) is 2. The SMILES string of the molecule is CC(C)(C)OC(=O)NC1CCC(N)CC1.CC(C)(C)OC(=O)NC1CCC(Nc2nccc(-c3cccnc3F)n2)CC1.Fc1ncccc1-c1ccnc(Cl)n1. The third-order valence-corrected chi connectivity index (χ3v) is 8.81. The molecular weight excluding hydrogens is 758 g/mol. The van der Waals surface area contributed by atoms with E-state index in [0.717, 1.165) is 51.4 Å². The number of rotatable bonds is 6. The average Bonchev–Trinajstić information content (AvgIpc) is 3.13. The molecule has 5 N–H and O–H groups in total. The summed E-state index contributed by atoms with van der Waals surface area (Å²) in [6.07, 6.45) is 12.5. The fourth-order valence-electron chi connectivity index (χ4n) is 5.99. The number of aromatic nitrogens is 6. The number of carbonyl (C=O) groups is 2. The standard InChI is InChI=1S/C20H26FN5O2.C11H22N2O2.C9H5ClFN3/c1-20(2,3)28-19(27)25-14-8-6-13(7-9-14)24-18-23-12-10-16(26-18)15-5-4-11-22-17(15)21;1-11(2,3)15-10(14)13-9-6-4-8(12)5-7-9;10-9-13-5-3-7(14-9)6-2-1-4-12-8(6)11/h4-5,10-14H,6-9H2,1-3H3,(H,25,27)(H,23,24,26);8-9H,4-7,12H2,1-3H3,(H,13,14);1-5H. The Morgan fingerprint density at radius 1 is 0.649 bits per heavy atom. The Bertz CT molecular complexity index is 1900. The minimum absolute atomic E-state index is 0.0887. The van der Waals surface area contributed by atoms with E-state index in [1.54, 1.807) is 42.6 Å². The van der Waals surface area contributed by atoms with Crippen LogP contribution in [0.25, 0.3) is 22.5 Å². The Kier molecular flexibility index (Phi) is 16.4. The quantitative estimate of drug-likeness (QED) is 0.108. The highest BCUT2D eigenvalue weighted by atomic mass is 35.5. The number of pyridine rings is 2. The first kappa shape index (κ1) is 44.6. The van der Waals surface area contributed by atoms with Crippen molar-refractivity contribution in [2.24, 2.45) is 5.73 Å². The fourth-order valence-corrected chi connectivity index (χ4v) is 6.14. The largest absolute Gasteiger partial charge is 0.444 e. The van der Waals surface area contributed by atoms with Crippen LogP contribution in [0.4, 0.5) is 24.3 Å². The molecule has 0 aromatic carbocycles. The number of ether oxygens (including phenoxy) is 2. The maximum atomic E-state index is 13.9. The molecule has 0 bridgehead atoms. The monoisotopic (exact) mass is 810 g/mol. The summed E-state index contributed by atoms with van der Waals surface area (Å²) in [6.45, 7) is 11.1. The molecule has 0 radical (unpaired) electrons. The van der Waals surface area contributed by atoms with E-state index in [2.05, 4.69) is 45.9 Å². The van der Waals surface area contributed by atoms with E-state index in [-0.39, 0.29) is 35.6 Å². The van der Waals surface area contributed by atoms with Gasteiger partial charge in [-0.25, -0.2) is 39.5 Å². The molecule has 0 atom stereocenters. The van der Waals surface area contributed by atoms with Crippen molar-refractivity contribution in [3.05, 3.63) is 78.4 Å². The van der Waals surface area contributed by atoms with Crippen LogP contribution in [0.3, 0.4) is 0 Å². The highest BCUT2D eigenvalue weighted by Crippen LogP contribution is 2.24. The van der Waals surface area contributed by atoms with Crippen molar-refractivity contribution < 1.29 is 27.8 Å². The molecule has 4 aromatic rings. The molecule has 4 aromatic heterocycles. The fraction of sp³-hybridized carbons (Fsp3) is 0.500. The molecule has 2 saturated carbocycles. The topological polar surface area (TPSA) is 192 Å². The van der Waals surface area contributed by atoms with Gasteiger partial charge in [0.25, 0.3) is 0 Å². The van der Waals surface area contributed by atoms with Crippen molar-refractivity contribution in [1.82, 2.24) is 40.5 Å². The molecular formula is C40H53ClF2N10O4. The van der Waals surface area contributed by atoms with Crippen LogP contribution >= 0.6 is 11.6 Å². The van der Waals surface area contributed by atoms with Gasteiger partial charge < -0.3 is 31.2 Å². The van der Waals surface area contributed by atoms with Crippen molar-refractivity contribution in [2.75, 3.05) is 5.32 Å². The van der Waals surface area contributed by atoms with Crippen molar-refractivity contribution >= 4 is 29.7 Å². The van der Waals surface area contributed by atoms with E-state index in [1.165, 1.54) is 18.6 Å². The number of nitrogens with two attached hydrogens (primary N) is 1. The van der Waals surface area contributed by atoms with Gasteiger partial charge in [-0.2, -0.15) is 8.78 Å². The van der Waals surface area contributed by atoms with Crippen LogP contribution in [0.5, 0.6) is 0 Å². The van der Waals surface area contributed by atoms with Crippen LogP contribution in [0, 0.1) is 11.9 Å². The summed E-state index contributed by atoms with van der Waals surface area (Å²) in [7, 11) is 0. The maximum Gasteiger partial charge on any atom is 0.407 e. The summed E-state index contributed by atoms with van der Waals surface area (Å²) < 4.78 is 37.6. The summed E-state index contributed by atoms with van der Waals surface area (Å²) in [5.41, 5.74) is 6.44. The summed E-state index contributed by atoms with van der Waals surface area (Å²) in [6, 6.07) is 10.6. The number of nitrogens with one attached hydrogen (secondary N) is 3. The van der Waals surface area contributed by atoms with Gasteiger partial charge in [0.15, 0.2) is 0 Å². The molecule has 0 aliphatic heterocycles. The number of nitrogens with zero attached hydrogens (tertiary/aromatic N) is 6. The van der Waals surface area contributed by atoms with Crippen LogP contribution in [-0.2, 0) is 9.47 Å². The highest BCUT2D eigenvalue weighted by molar-refractivity contribution is 6.28. The van der Waals surface area contributed by atoms with Gasteiger partial charge in [0.05, 0.1) is 22.5 Å². The van der Waals surface area contributed by atoms with Gasteiger partial charge in [0.1, 0.15) is 11.2 Å². The number of halogens is 3. The first-order valence-corrected chi connectivity index (χ1v) is 19.4. The van der Waals surface area contributed by atoms with Gasteiger partial charge in [0.2, 0.25) is 23.1 Å². The molecule has 4 heterocycles. The van der Waals surface area contributed by atoms with Crippen LogP contribution in [-0.4, -0.2) is 77.5 Å². The number of hydrogen-bond acceptors (Lipinski definition) is 12. The lowest BCUT2D eigenvalue weighted by atomic mass is 9.91. The number of hydrogen-bond donors (Lipinski definition) is 4. The van der Waals surface area contributed by atoms with Crippen molar-refractivity contribution in [3.8, 4) is 22.5 Å². The van der Waals surface area contributed by atoms with Crippen molar-refractivity contribution in [1.29, 1.82) is 0 Å². The first-order chi connectivity index (χ1) is 26.9. The zero-order valence-corrected chi connectivity index (χ0v) is 34.0. The Morgan fingerprint density at radius 2 is 1.09 bits per heavy atom. The van der Waals surface area contributed by atoms with Crippen LogP contribution in [0.2, 0.25) is 5.28 Å². The lowest BCUT2D eigenvalue weighted by molar-refractivity contribution is 0.0480. The van der Waals surface area contributed by atoms with E-state index in [0.29, 0.717) is 34.5 Å². The lowest BCUT2D eigenvalue weighted by Crippen LogP contribution is -2.42. The molecule has 14 nitrogen and oxygen atoms in total. The van der Waals surface area contributed by atoms with E-state index >= 15 is 0 Å². The third kappa shape index (κ3) is 16.1. The second-order valence-electron chi connectivity index (χ2n) is 15.8. The molecule has 0 spiro atoms. The van der Waals surface area contributed by atoms with Crippen LogP contribution < -0.4 is 21.7 Å². The van der Waals surface area contributed by atoms with Crippen LogP contribution in [0.15, 0.2) is 61.2 Å². The number of amides is 2. The number of carbonyl (C=O) groups excluding carboxylic acids is 2. The maximum absolute atomic E-state index is 13.9. The molecule has 17 heteroatoms. The normalized spacial score (nSPS) is 19.3. The summed E-state index contributed by atoms with van der Waals surface area (Å²) in [5.74, 6) is -0.660. The Hall–Kier alpha value is -5.09. The smallest absolute Gasteiger partial charge is 0.407 e. The highest BCUT2D eigenvalue weighted by Gasteiger charge is 2.26. The molecule has 6 rings (SSSR count). The molecule has 2 fully saturated rings. The van der Waals surface area contributed by atoms with Gasteiger partial charge in [0, 0.05) is 49.0 Å². The molecule has 308 valence electrons. The Morgan fingerprint density at radius 3 is 1.54 bits per heavy atom. The second-order valence-corrected chi connectivity index (χ2v) is 16.1. The van der Waals surface area contributed by atoms with Crippen molar-refractivity contribution in [3.63, 3.8) is 0 Å². The zero-order chi connectivity index (χ0) is 41.6. The zero-order valence-electron chi connectivity index (χ0n) is 33.3. The van der Waals surface area contributed by atoms with Crippen LogP contribution in [0.1, 0.15) is 92.9 Å². The third-order valence-electron chi connectivity index (χ3n) is 8.63. The minimum atomic E-state index is -0.567. The average molecular weight is 811 g/mol. The lowest BCUT2D eigenvalue weighted by Gasteiger charge is -2.30. The van der Waals surface area contributed by atoms with Gasteiger partial charge in [-0.1, -0.05) is 0 Å². The molecule has 2 aliphatic carbocycles. The van der Waals surface area contributed by atoms with E-state index in [1.807, 2.05) is 41.5 Å². The number of anilines is 1. The van der Waals surface area contributed by atoms with Crippen molar-refractivity contribution in [2.45, 2.75) is 128 Å². The summed E-state index contributed by atoms with van der Waals surface area (Å²) in [5, 5.41) is 9.21. The predicted molar refractivity (Wildman–Crippen MR) is 214 cm³/mol. The van der Waals surface area contributed by atoms with E-state index < -0.39 is 23.1 Å². The predicted octanol–water partition coefficient (Wildman–Crippen LogP) is 8.04. The van der Waals surface area contributed by atoms with E-state index in [9.17, 15) is 18.4 Å². The van der Waals surface area contributed by atoms with E-state index in [4.69, 9.17) is 26.8 Å². The Balaban J connectivity index is 0.000000209. The van der Waals surface area contributed by atoms with Gasteiger partial charge in [-0.3, -0.25) is 0 Å². The summed E-state index contributed by atoms with van der Waals surface area (Å²) >= 11 is 5.58. The van der Waals surface area contributed by atoms with Gasteiger partial charge in [-0.15, -0.1) is 0 Å². The van der Waals surface area contributed by atoms with Gasteiger partial charge in [-0.05, 0) is 141 Å². The molecule has 2 amide bonds. The minimum Gasteiger partial charge on any atom is -0.444 e. The molecule has 0 unspecified atom stereocenters. The molecule has 0 saturated heterocycles. The second kappa shape index (κ2) is 20.9. The summed E-state index contributed by atoms with van der Waals surface area (Å²) in [4.78, 5) is 46.8.